The molecule has 0 amide bonds. The van der Waals surface area contributed by atoms with E-state index in [0.29, 0.717) is 21.8 Å². The van der Waals surface area contributed by atoms with Gasteiger partial charge < -0.3 is 5.32 Å². The molecule has 2 aromatic rings. The molecule has 1 unspecified atom stereocenters. The lowest BCUT2D eigenvalue weighted by Crippen LogP contribution is -2.08. The quantitative estimate of drug-likeness (QED) is 0.924. The van der Waals surface area contributed by atoms with E-state index in [1.807, 2.05) is 13.0 Å². The summed E-state index contributed by atoms with van der Waals surface area (Å²) in [5.74, 6) is -0.386. The fraction of sp³-hybridized carbons (Fsp3) is 0.143. The molecule has 0 aliphatic heterocycles. The number of nitrogens with one attached hydrogen (secondary N) is 1. The third-order valence-corrected chi connectivity index (χ3v) is 3.02. The van der Waals surface area contributed by atoms with Gasteiger partial charge in [-0.2, -0.15) is 5.26 Å². The molecule has 3 nitrogen and oxygen atoms in total. The number of hydrogen-bond donors (Lipinski definition) is 1. The molecule has 1 heterocycles. The Balaban J connectivity index is 2.24. The minimum Gasteiger partial charge on any atom is -0.377 e. The molecule has 0 radical (unpaired) electrons. The fourth-order valence-electron chi connectivity index (χ4n) is 1.69. The van der Waals surface area contributed by atoms with Crippen molar-refractivity contribution >= 4 is 17.3 Å². The van der Waals surface area contributed by atoms with Crippen molar-refractivity contribution in [2.45, 2.75) is 13.0 Å². The largest absolute Gasteiger partial charge is 0.377 e. The monoisotopic (exact) mass is 275 g/mol. The molecule has 1 atom stereocenters. The number of aromatic nitrogens is 1. The zero-order chi connectivity index (χ0) is 13.8. The van der Waals surface area contributed by atoms with E-state index in [0.717, 1.165) is 6.20 Å². The number of anilines is 1. The Labute approximate surface area is 115 Å². The molecule has 0 bridgehead atoms. The number of nitrogens with zero attached hydrogens (tertiary/aromatic N) is 2. The van der Waals surface area contributed by atoms with Gasteiger partial charge >= 0.3 is 0 Å². The molecule has 0 fully saturated rings. The van der Waals surface area contributed by atoms with Gasteiger partial charge in [0.2, 0.25) is 0 Å². The predicted octanol–water partition coefficient (Wildman–Crippen LogP) is 3.92. The lowest BCUT2D eigenvalue weighted by atomic mass is 10.1. The van der Waals surface area contributed by atoms with E-state index in [4.69, 9.17) is 16.9 Å². The topological polar surface area (TPSA) is 48.7 Å². The highest BCUT2D eigenvalue weighted by atomic mass is 35.5. The van der Waals surface area contributed by atoms with Crippen LogP contribution in [0.5, 0.6) is 0 Å². The van der Waals surface area contributed by atoms with Gasteiger partial charge in [0.25, 0.3) is 0 Å². The highest BCUT2D eigenvalue weighted by Gasteiger charge is 2.09. The first-order valence-electron chi connectivity index (χ1n) is 5.67. The van der Waals surface area contributed by atoms with Gasteiger partial charge in [0.05, 0.1) is 34.6 Å². The van der Waals surface area contributed by atoms with Crippen LogP contribution in [0.2, 0.25) is 5.02 Å². The number of halogens is 2. The van der Waals surface area contributed by atoms with Crippen molar-refractivity contribution in [3.05, 3.63) is 58.6 Å². The van der Waals surface area contributed by atoms with Gasteiger partial charge in [-0.15, -0.1) is 0 Å². The highest BCUT2D eigenvalue weighted by Crippen LogP contribution is 2.27. The molecular weight excluding hydrogens is 265 g/mol. The third kappa shape index (κ3) is 3.21. The van der Waals surface area contributed by atoms with Gasteiger partial charge in [-0.3, -0.25) is 4.98 Å². The van der Waals surface area contributed by atoms with E-state index in [2.05, 4.69) is 10.3 Å². The van der Waals surface area contributed by atoms with E-state index in [1.54, 1.807) is 24.4 Å². The summed E-state index contributed by atoms with van der Waals surface area (Å²) < 4.78 is 13.1. The van der Waals surface area contributed by atoms with Gasteiger partial charge in [0, 0.05) is 6.20 Å². The van der Waals surface area contributed by atoms with E-state index >= 15 is 0 Å². The average molecular weight is 276 g/mol. The maximum atomic E-state index is 13.1. The molecule has 0 aliphatic carbocycles. The first-order valence-corrected chi connectivity index (χ1v) is 6.04. The summed E-state index contributed by atoms with van der Waals surface area (Å²) in [7, 11) is 0. The molecule has 0 aliphatic rings. The van der Waals surface area contributed by atoms with E-state index < -0.39 is 0 Å². The van der Waals surface area contributed by atoms with Crippen LogP contribution in [0.4, 0.5) is 10.1 Å². The Morgan fingerprint density at radius 1 is 1.37 bits per heavy atom. The van der Waals surface area contributed by atoms with Crippen LogP contribution < -0.4 is 5.32 Å². The summed E-state index contributed by atoms with van der Waals surface area (Å²) >= 11 is 6.05. The fourth-order valence-corrected chi connectivity index (χ4v) is 1.86. The molecule has 1 aromatic carbocycles. The summed E-state index contributed by atoms with van der Waals surface area (Å²) in [4.78, 5) is 3.80. The molecule has 0 saturated heterocycles. The van der Waals surface area contributed by atoms with Crippen LogP contribution >= 0.6 is 11.6 Å². The van der Waals surface area contributed by atoms with Crippen molar-refractivity contribution in [2.75, 3.05) is 5.32 Å². The number of hydrogen-bond acceptors (Lipinski definition) is 3. The van der Waals surface area contributed by atoms with Gasteiger partial charge in [0.15, 0.2) is 0 Å². The summed E-state index contributed by atoms with van der Waals surface area (Å²) in [6.45, 7) is 1.87. The second-order valence-electron chi connectivity index (χ2n) is 4.11. The zero-order valence-corrected chi connectivity index (χ0v) is 10.9. The highest BCUT2D eigenvalue weighted by molar-refractivity contribution is 6.33. The standard InChI is InChI=1S/C14H11ClFN3/c1-9(11-5-12(16)8-18-7-11)19-14-4-10(6-17)2-3-13(14)15/h2-5,7-9,19H,1H3. The first kappa shape index (κ1) is 13.3. The summed E-state index contributed by atoms with van der Waals surface area (Å²) in [5, 5.41) is 12.5. The molecule has 0 spiro atoms. The maximum Gasteiger partial charge on any atom is 0.141 e. The van der Waals surface area contributed by atoms with Gasteiger partial charge in [-0.05, 0) is 36.8 Å². The van der Waals surface area contributed by atoms with E-state index in [-0.39, 0.29) is 11.9 Å². The number of rotatable bonds is 3. The molecule has 0 saturated carbocycles. The Kier molecular flexibility index (Phi) is 3.98. The van der Waals surface area contributed by atoms with Crippen molar-refractivity contribution in [2.24, 2.45) is 0 Å². The lowest BCUT2D eigenvalue weighted by Gasteiger charge is -2.16. The Bertz CT molecular complexity index is 637. The van der Waals surface area contributed by atoms with Crippen LogP contribution in [0.25, 0.3) is 0 Å². The Hall–Kier alpha value is -2.12. The van der Waals surface area contributed by atoms with Crippen molar-refractivity contribution in [3.8, 4) is 6.07 Å². The average Bonchev–Trinajstić information content (AvgIpc) is 2.41. The second kappa shape index (κ2) is 5.68. The van der Waals surface area contributed by atoms with Crippen LogP contribution in [0.15, 0.2) is 36.7 Å². The van der Waals surface area contributed by atoms with Crippen molar-refractivity contribution in [3.63, 3.8) is 0 Å². The molecule has 96 valence electrons. The molecule has 2 rings (SSSR count). The van der Waals surface area contributed by atoms with Crippen molar-refractivity contribution < 1.29 is 4.39 Å². The normalized spacial score (nSPS) is 11.7. The first-order chi connectivity index (χ1) is 9.10. The predicted molar refractivity (Wildman–Crippen MR) is 72.4 cm³/mol. The lowest BCUT2D eigenvalue weighted by molar-refractivity contribution is 0.616. The molecule has 1 N–H and O–H groups in total. The summed E-state index contributed by atoms with van der Waals surface area (Å²) in [6, 6.07) is 8.23. The van der Waals surface area contributed by atoms with Crippen LogP contribution in [0, 0.1) is 17.1 Å². The molecule has 19 heavy (non-hydrogen) atoms. The number of pyridine rings is 1. The van der Waals surface area contributed by atoms with Crippen LogP contribution in [-0.2, 0) is 0 Å². The Morgan fingerprint density at radius 3 is 2.84 bits per heavy atom. The smallest absolute Gasteiger partial charge is 0.141 e. The Morgan fingerprint density at radius 2 is 2.16 bits per heavy atom. The zero-order valence-electron chi connectivity index (χ0n) is 10.2. The van der Waals surface area contributed by atoms with Gasteiger partial charge in [0.1, 0.15) is 5.82 Å². The molecular formula is C14H11ClFN3. The number of nitriles is 1. The van der Waals surface area contributed by atoms with Crippen LogP contribution in [0.1, 0.15) is 24.1 Å². The van der Waals surface area contributed by atoms with E-state index in [9.17, 15) is 4.39 Å². The summed E-state index contributed by atoms with van der Waals surface area (Å²) in [6.07, 6.45) is 2.74. The minimum absolute atomic E-state index is 0.172. The van der Waals surface area contributed by atoms with Crippen molar-refractivity contribution in [1.82, 2.24) is 4.98 Å². The maximum absolute atomic E-state index is 13.1. The third-order valence-electron chi connectivity index (χ3n) is 2.69. The summed E-state index contributed by atoms with van der Waals surface area (Å²) in [5.41, 5.74) is 1.85. The van der Waals surface area contributed by atoms with Crippen molar-refractivity contribution in [1.29, 1.82) is 5.26 Å². The second-order valence-corrected chi connectivity index (χ2v) is 4.52. The van der Waals surface area contributed by atoms with Crippen LogP contribution in [0.3, 0.4) is 0 Å². The SMILES string of the molecule is CC(Nc1cc(C#N)ccc1Cl)c1cncc(F)c1. The number of benzene rings is 1. The molecule has 1 aromatic heterocycles. The van der Waals surface area contributed by atoms with E-state index in [1.165, 1.54) is 6.07 Å². The van der Waals surface area contributed by atoms with Crippen LogP contribution in [-0.4, -0.2) is 4.98 Å². The minimum atomic E-state index is -0.386. The van der Waals surface area contributed by atoms with Gasteiger partial charge in [-0.1, -0.05) is 11.6 Å². The molecule has 5 heteroatoms. The van der Waals surface area contributed by atoms with Gasteiger partial charge in [-0.25, -0.2) is 4.39 Å².